The zero-order chi connectivity index (χ0) is 23.3. The summed E-state index contributed by atoms with van der Waals surface area (Å²) in [7, 11) is 0. The molecule has 1 atom stereocenters. The maximum atomic E-state index is 13.5. The van der Waals surface area contributed by atoms with Gasteiger partial charge in [-0.15, -0.1) is 0 Å². The van der Waals surface area contributed by atoms with Gasteiger partial charge < -0.3 is 20.5 Å². The van der Waals surface area contributed by atoms with E-state index < -0.39 is 0 Å². The molecule has 7 nitrogen and oxygen atoms in total. The van der Waals surface area contributed by atoms with Gasteiger partial charge in [-0.05, 0) is 55.4 Å². The van der Waals surface area contributed by atoms with Crippen molar-refractivity contribution in [3.63, 3.8) is 0 Å². The first-order chi connectivity index (χ1) is 16.5. The third kappa shape index (κ3) is 3.41. The van der Waals surface area contributed by atoms with E-state index in [1.54, 1.807) is 0 Å². The molecule has 176 valence electrons. The number of hydrogen-bond acceptors (Lipinski definition) is 4. The lowest BCUT2D eigenvalue weighted by Crippen LogP contribution is -2.50. The number of nitrogens with zero attached hydrogens (tertiary/aromatic N) is 3. The van der Waals surface area contributed by atoms with Crippen molar-refractivity contribution >= 4 is 22.8 Å². The Kier molecular flexibility index (Phi) is 5.17. The summed E-state index contributed by atoms with van der Waals surface area (Å²) < 4.78 is 2.33. The number of nitrogens with one attached hydrogen (secondary N) is 2. The lowest BCUT2D eigenvalue weighted by atomic mass is 9.63. The summed E-state index contributed by atoms with van der Waals surface area (Å²) in [5.41, 5.74) is 10.5. The van der Waals surface area contributed by atoms with Crippen LogP contribution >= 0.6 is 0 Å². The van der Waals surface area contributed by atoms with Crippen LogP contribution in [0.2, 0.25) is 0 Å². The van der Waals surface area contributed by atoms with Gasteiger partial charge in [0.25, 0.3) is 0 Å². The van der Waals surface area contributed by atoms with E-state index in [0.717, 1.165) is 92.7 Å². The summed E-state index contributed by atoms with van der Waals surface area (Å²) in [6.45, 7) is 3.60. The molecule has 0 bridgehead atoms. The fourth-order valence-corrected chi connectivity index (χ4v) is 5.99. The van der Waals surface area contributed by atoms with Crippen LogP contribution in [0.1, 0.15) is 60.7 Å². The van der Waals surface area contributed by atoms with E-state index in [1.165, 1.54) is 5.56 Å². The van der Waals surface area contributed by atoms with Crippen LogP contribution < -0.4 is 11.1 Å². The molecule has 1 saturated heterocycles. The third-order valence-corrected chi connectivity index (χ3v) is 8.08. The first-order valence-corrected chi connectivity index (χ1v) is 12.5. The number of fused-ring (bicyclic) bond motifs is 3. The molecule has 1 aliphatic carbocycles. The van der Waals surface area contributed by atoms with E-state index in [4.69, 9.17) is 16.1 Å². The largest absolute Gasteiger partial charge is 0.384 e. The molecule has 0 radical (unpaired) electrons. The quantitative estimate of drug-likeness (QED) is 0.405. The molecule has 2 aliphatic heterocycles. The molecule has 2 fully saturated rings. The number of amides is 1. The number of hydrogen-bond donors (Lipinski definition) is 3. The highest BCUT2D eigenvalue weighted by Gasteiger charge is 2.48. The maximum Gasteiger partial charge on any atom is 0.233 e. The fraction of sp³-hybridized carbons (Fsp3) is 0.444. The monoisotopic (exact) mass is 456 g/mol. The second kappa shape index (κ2) is 8.24. The standard InChI is InChI=1S/C27H32N6O/c28-24(29)19-6-4-18(5-7-19)16-22-25-31-21-17-20(8-9-23(21)33(25)15-12-30-22)27(10-3-11-27)26(34)32-13-1-2-14-32/h4-9,17,22,30H,1-3,10-16H2,(H3,28,29). The van der Waals surface area contributed by atoms with Gasteiger partial charge in [0.2, 0.25) is 5.91 Å². The van der Waals surface area contributed by atoms with Crippen molar-refractivity contribution in [3.8, 4) is 0 Å². The zero-order valence-corrected chi connectivity index (χ0v) is 19.5. The topological polar surface area (TPSA) is 100 Å². The van der Waals surface area contributed by atoms with Crippen LogP contribution in [0.15, 0.2) is 42.5 Å². The molecule has 3 aromatic rings. The minimum atomic E-state index is -0.348. The summed E-state index contributed by atoms with van der Waals surface area (Å²) >= 11 is 0. The Morgan fingerprint density at radius 1 is 1.09 bits per heavy atom. The summed E-state index contributed by atoms with van der Waals surface area (Å²) in [5, 5.41) is 11.2. The molecule has 3 aliphatic rings. The number of amidine groups is 1. The van der Waals surface area contributed by atoms with Gasteiger partial charge in [0.15, 0.2) is 0 Å². The van der Waals surface area contributed by atoms with Crippen LogP contribution in [0.4, 0.5) is 0 Å². The lowest BCUT2D eigenvalue weighted by Gasteiger charge is -2.43. The summed E-state index contributed by atoms with van der Waals surface area (Å²) in [5.74, 6) is 1.48. The number of nitrogen functional groups attached to an aromatic ring is 1. The minimum Gasteiger partial charge on any atom is -0.384 e. The molecule has 1 aromatic heterocycles. The number of carbonyl (C=O) groups excluding carboxylic acids is 1. The SMILES string of the molecule is N=C(N)c1ccc(CC2NCCn3c2nc2cc(C4(C(=O)N5CCCC5)CCC4)ccc23)cc1. The molecular formula is C27H32N6O. The van der Waals surface area contributed by atoms with E-state index in [9.17, 15) is 4.79 Å². The van der Waals surface area contributed by atoms with E-state index in [1.807, 2.05) is 24.3 Å². The average Bonchev–Trinajstić information content (AvgIpc) is 3.47. The van der Waals surface area contributed by atoms with Crippen molar-refractivity contribution < 1.29 is 4.79 Å². The molecule has 1 amide bonds. The molecule has 7 heteroatoms. The Hall–Kier alpha value is -3.19. The van der Waals surface area contributed by atoms with Crippen molar-refractivity contribution in [2.24, 2.45) is 5.73 Å². The van der Waals surface area contributed by atoms with Crippen molar-refractivity contribution in [2.45, 2.75) is 56.5 Å². The smallest absolute Gasteiger partial charge is 0.233 e. The number of carbonyl (C=O) groups is 1. The van der Waals surface area contributed by atoms with E-state index in [2.05, 4.69) is 33.0 Å². The van der Waals surface area contributed by atoms with Gasteiger partial charge in [-0.1, -0.05) is 36.8 Å². The number of likely N-dealkylation sites (tertiary alicyclic amines) is 1. The van der Waals surface area contributed by atoms with Crippen molar-refractivity contribution in [1.82, 2.24) is 19.8 Å². The summed E-state index contributed by atoms with van der Waals surface area (Å²) in [4.78, 5) is 20.6. The maximum absolute atomic E-state index is 13.5. The molecule has 2 aromatic carbocycles. The fourth-order valence-electron chi connectivity index (χ4n) is 5.99. The Labute approximate surface area is 199 Å². The van der Waals surface area contributed by atoms with Gasteiger partial charge in [0, 0.05) is 31.7 Å². The Morgan fingerprint density at radius 2 is 1.85 bits per heavy atom. The normalized spacial score (nSPS) is 21.3. The van der Waals surface area contributed by atoms with Gasteiger partial charge >= 0.3 is 0 Å². The van der Waals surface area contributed by atoms with Gasteiger partial charge in [0.1, 0.15) is 11.7 Å². The number of rotatable bonds is 5. The lowest BCUT2D eigenvalue weighted by molar-refractivity contribution is -0.139. The second-order valence-corrected chi connectivity index (χ2v) is 10.1. The molecule has 34 heavy (non-hydrogen) atoms. The Bertz CT molecular complexity index is 1250. The number of imidazole rings is 1. The van der Waals surface area contributed by atoms with Crippen molar-refractivity contribution in [1.29, 1.82) is 5.41 Å². The first-order valence-electron chi connectivity index (χ1n) is 12.5. The van der Waals surface area contributed by atoms with Crippen molar-refractivity contribution in [3.05, 3.63) is 65.0 Å². The Morgan fingerprint density at radius 3 is 2.53 bits per heavy atom. The third-order valence-electron chi connectivity index (χ3n) is 8.08. The molecule has 4 N–H and O–H groups in total. The van der Waals surface area contributed by atoms with Crippen LogP contribution in [0.25, 0.3) is 11.0 Å². The molecule has 3 heterocycles. The van der Waals surface area contributed by atoms with Gasteiger partial charge in [-0.25, -0.2) is 4.98 Å². The number of benzene rings is 2. The van der Waals surface area contributed by atoms with Gasteiger partial charge in [-0.2, -0.15) is 0 Å². The summed E-state index contributed by atoms with van der Waals surface area (Å²) in [6, 6.07) is 14.6. The molecular weight excluding hydrogens is 424 g/mol. The summed E-state index contributed by atoms with van der Waals surface area (Å²) in [6.07, 6.45) is 6.09. The highest BCUT2D eigenvalue weighted by molar-refractivity contribution is 5.95. The average molecular weight is 457 g/mol. The Balaban J connectivity index is 1.31. The minimum absolute atomic E-state index is 0.0902. The molecule has 1 unspecified atom stereocenters. The van der Waals surface area contributed by atoms with Crippen LogP contribution in [0.5, 0.6) is 0 Å². The predicted octanol–water partition coefficient (Wildman–Crippen LogP) is 3.25. The van der Waals surface area contributed by atoms with Crippen molar-refractivity contribution in [2.75, 3.05) is 19.6 Å². The molecule has 0 spiro atoms. The highest BCUT2D eigenvalue weighted by atomic mass is 16.2. The van der Waals surface area contributed by atoms with Gasteiger partial charge in [-0.3, -0.25) is 10.2 Å². The van der Waals surface area contributed by atoms with Gasteiger partial charge in [0.05, 0.1) is 22.5 Å². The number of aromatic nitrogens is 2. The van der Waals surface area contributed by atoms with E-state index in [0.29, 0.717) is 5.91 Å². The second-order valence-electron chi connectivity index (χ2n) is 10.1. The predicted molar refractivity (Wildman–Crippen MR) is 133 cm³/mol. The highest BCUT2D eigenvalue weighted by Crippen LogP contribution is 2.46. The zero-order valence-electron chi connectivity index (χ0n) is 19.5. The van der Waals surface area contributed by atoms with Crippen LogP contribution in [0, 0.1) is 5.41 Å². The first kappa shape index (κ1) is 21.4. The van der Waals surface area contributed by atoms with Crippen LogP contribution in [0.3, 0.4) is 0 Å². The van der Waals surface area contributed by atoms with E-state index in [-0.39, 0.29) is 17.3 Å². The molecule has 6 rings (SSSR count). The molecule has 1 saturated carbocycles. The van der Waals surface area contributed by atoms with E-state index >= 15 is 0 Å². The van der Waals surface area contributed by atoms with Crippen LogP contribution in [-0.2, 0) is 23.2 Å². The van der Waals surface area contributed by atoms with Crippen LogP contribution in [-0.4, -0.2) is 45.8 Å². The number of nitrogens with two attached hydrogens (primary N) is 1.